The quantitative estimate of drug-likeness (QED) is 0.208. The molecule has 2 fully saturated rings. The van der Waals surface area contributed by atoms with Gasteiger partial charge in [-0.25, -0.2) is 4.98 Å². The Morgan fingerprint density at radius 3 is 2.36 bits per heavy atom. The SMILES string of the molecule is COc1nc(Cl)cc2c1C1(O)C(O[Si](C)(C)C(C)(C)C)C(CN3CCOCC3)C(c3ccccc3)C1(c1ccc(Br)cc1)O2. The molecule has 5 unspecified atom stereocenters. The van der Waals surface area contributed by atoms with E-state index < -0.39 is 25.6 Å². The van der Waals surface area contributed by atoms with Crippen molar-refractivity contribution in [2.75, 3.05) is 40.0 Å². The molecule has 7 nitrogen and oxygen atoms in total. The standard InChI is InChI=1S/C34H42BrClN2O5Si/c1-32(2,3)44(5,6)43-30-25(21-38-16-18-41-19-17-38)28(22-10-8-7-9-11-22)34(23-12-14-24(35)15-13-23)33(30,39)29-26(42-34)20-27(36)37-31(29)40-4/h7-15,20,25,28,30,39H,16-19,21H2,1-6H3. The van der Waals surface area contributed by atoms with Crippen LogP contribution in [0.3, 0.4) is 0 Å². The highest BCUT2D eigenvalue weighted by Gasteiger charge is 2.78. The number of halogens is 2. The maximum absolute atomic E-state index is 13.8. The molecule has 1 saturated heterocycles. The van der Waals surface area contributed by atoms with Crippen LogP contribution in [0.15, 0.2) is 65.1 Å². The summed E-state index contributed by atoms with van der Waals surface area (Å²) in [6, 6.07) is 20.2. The van der Waals surface area contributed by atoms with Gasteiger partial charge in [-0.15, -0.1) is 0 Å². The van der Waals surface area contributed by atoms with Gasteiger partial charge in [-0.05, 0) is 41.4 Å². The first-order valence-electron chi connectivity index (χ1n) is 15.3. The molecule has 6 rings (SSSR count). The molecule has 2 aliphatic heterocycles. The topological polar surface area (TPSA) is 73.3 Å². The third kappa shape index (κ3) is 5.03. The van der Waals surface area contributed by atoms with Crippen molar-refractivity contribution in [3.8, 4) is 11.6 Å². The minimum absolute atomic E-state index is 0.109. The molecule has 1 saturated carbocycles. The van der Waals surface area contributed by atoms with Gasteiger partial charge in [0.05, 0.1) is 32.0 Å². The van der Waals surface area contributed by atoms with E-state index >= 15 is 0 Å². The van der Waals surface area contributed by atoms with Crippen LogP contribution in [0.2, 0.25) is 23.3 Å². The van der Waals surface area contributed by atoms with Crippen molar-refractivity contribution in [3.63, 3.8) is 0 Å². The van der Waals surface area contributed by atoms with Crippen LogP contribution in [-0.4, -0.2) is 69.4 Å². The van der Waals surface area contributed by atoms with Crippen molar-refractivity contribution < 1.29 is 23.7 Å². The third-order valence-electron chi connectivity index (χ3n) is 10.2. The zero-order valence-electron chi connectivity index (χ0n) is 26.3. The molecule has 5 atom stereocenters. The van der Waals surface area contributed by atoms with Crippen LogP contribution in [0, 0.1) is 5.92 Å². The number of hydrogen-bond donors (Lipinski definition) is 1. The van der Waals surface area contributed by atoms with E-state index in [1.807, 2.05) is 30.3 Å². The van der Waals surface area contributed by atoms with Crippen LogP contribution < -0.4 is 9.47 Å². The lowest BCUT2D eigenvalue weighted by Gasteiger charge is -2.45. The van der Waals surface area contributed by atoms with E-state index in [1.165, 1.54) is 0 Å². The minimum Gasteiger partial charge on any atom is -0.481 e. The van der Waals surface area contributed by atoms with E-state index in [-0.39, 0.29) is 27.9 Å². The lowest BCUT2D eigenvalue weighted by Crippen LogP contribution is -2.56. The van der Waals surface area contributed by atoms with Gasteiger partial charge < -0.3 is 23.7 Å². The predicted molar refractivity (Wildman–Crippen MR) is 178 cm³/mol. The molecule has 2 aromatic carbocycles. The summed E-state index contributed by atoms with van der Waals surface area (Å²) in [7, 11) is -0.915. The van der Waals surface area contributed by atoms with Gasteiger partial charge in [0.2, 0.25) is 5.88 Å². The molecule has 236 valence electrons. The highest BCUT2D eigenvalue weighted by atomic mass is 79.9. The minimum atomic E-state index is -2.47. The van der Waals surface area contributed by atoms with Crippen molar-refractivity contribution >= 4 is 35.8 Å². The van der Waals surface area contributed by atoms with Crippen molar-refractivity contribution in [2.24, 2.45) is 5.92 Å². The molecular weight excluding hydrogens is 660 g/mol. The maximum Gasteiger partial charge on any atom is 0.224 e. The first-order valence-corrected chi connectivity index (χ1v) is 19.4. The summed E-state index contributed by atoms with van der Waals surface area (Å²) in [4.78, 5) is 6.99. The zero-order valence-corrected chi connectivity index (χ0v) is 29.6. The smallest absolute Gasteiger partial charge is 0.224 e. The van der Waals surface area contributed by atoms with Crippen molar-refractivity contribution in [2.45, 2.75) is 62.1 Å². The van der Waals surface area contributed by atoms with Crippen LogP contribution in [0.1, 0.15) is 43.4 Å². The Kier molecular flexibility index (Phi) is 8.48. The van der Waals surface area contributed by atoms with E-state index in [0.29, 0.717) is 31.1 Å². The maximum atomic E-state index is 13.8. The van der Waals surface area contributed by atoms with Crippen molar-refractivity contribution in [1.82, 2.24) is 9.88 Å². The summed E-state index contributed by atoms with van der Waals surface area (Å²) in [6.07, 6.45) is -0.654. The molecule has 3 heterocycles. The Balaban J connectivity index is 1.69. The van der Waals surface area contributed by atoms with Gasteiger partial charge >= 0.3 is 0 Å². The molecule has 3 aliphatic rings. The summed E-state index contributed by atoms with van der Waals surface area (Å²) >= 11 is 10.2. The Morgan fingerprint density at radius 2 is 1.75 bits per heavy atom. The molecule has 1 N–H and O–H groups in total. The number of hydrogen-bond acceptors (Lipinski definition) is 7. The Hall–Kier alpha value is -1.98. The molecule has 1 aromatic heterocycles. The first-order chi connectivity index (χ1) is 20.8. The molecule has 3 aromatic rings. The highest BCUT2D eigenvalue weighted by Crippen LogP contribution is 2.71. The summed E-state index contributed by atoms with van der Waals surface area (Å²) < 4.78 is 27.2. The highest BCUT2D eigenvalue weighted by molar-refractivity contribution is 9.10. The fourth-order valence-electron chi connectivity index (χ4n) is 7.18. The van der Waals surface area contributed by atoms with Gasteiger partial charge in [-0.3, -0.25) is 4.90 Å². The van der Waals surface area contributed by atoms with E-state index in [2.05, 4.69) is 83.9 Å². The number of methoxy groups -OCH3 is 1. The Labute approximate surface area is 275 Å². The molecule has 0 amide bonds. The second-order valence-electron chi connectivity index (χ2n) is 13.7. The van der Waals surface area contributed by atoms with E-state index in [9.17, 15) is 5.11 Å². The number of pyridine rings is 1. The van der Waals surface area contributed by atoms with Crippen LogP contribution in [0.25, 0.3) is 0 Å². The second kappa shape index (κ2) is 11.7. The lowest BCUT2D eigenvalue weighted by atomic mass is 9.71. The number of ether oxygens (including phenoxy) is 3. The van der Waals surface area contributed by atoms with E-state index in [1.54, 1.807) is 13.2 Å². The average Bonchev–Trinajstić information content (AvgIpc) is 3.35. The van der Waals surface area contributed by atoms with Gasteiger partial charge in [0, 0.05) is 42.0 Å². The Morgan fingerprint density at radius 1 is 1.09 bits per heavy atom. The number of aliphatic hydroxyl groups is 1. The average molecular weight is 702 g/mol. The molecular formula is C34H42BrClN2O5Si. The second-order valence-corrected chi connectivity index (χ2v) is 19.8. The Bertz CT molecular complexity index is 1500. The first kappa shape index (κ1) is 32.0. The predicted octanol–water partition coefficient (Wildman–Crippen LogP) is 7.12. The summed E-state index contributed by atoms with van der Waals surface area (Å²) in [6.45, 7) is 14.8. The van der Waals surface area contributed by atoms with Gasteiger partial charge in [0.25, 0.3) is 0 Å². The van der Waals surface area contributed by atoms with Crippen LogP contribution in [0.4, 0.5) is 0 Å². The number of rotatable bonds is 7. The van der Waals surface area contributed by atoms with Gasteiger partial charge in [-0.2, -0.15) is 0 Å². The fourth-order valence-corrected chi connectivity index (χ4v) is 8.95. The summed E-state index contributed by atoms with van der Waals surface area (Å²) in [5, 5.41) is 14.0. The van der Waals surface area contributed by atoms with E-state index in [4.69, 9.17) is 30.2 Å². The molecule has 44 heavy (non-hydrogen) atoms. The van der Waals surface area contributed by atoms with Gasteiger partial charge in [-0.1, -0.05) is 90.8 Å². The molecule has 0 radical (unpaired) electrons. The number of fused-ring (bicyclic) bond motifs is 3. The van der Waals surface area contributed by atoms with Crippen molar-refractivity contribution in [1.29, 1.82) is 0 Å². The third-order valence-corrected chi connectivity index (χ3v) is 15.4. The van der Waals surface area contributed by atoms with Crippen molar-refractivity contribution in [3.05, 3.63) is 87.0 Å². The van der Waals surface area contributed by atoms with E-state index in [0.717, 1.165) is 28.7 Å². The molecule has 0 spiro atoms. The molecule has 10 heteroatoms. The number of aromatic nitrogens is 1. The molecule has 0 bridgehead atoms. The summed E-state index contributed by atoms with van der Waals surface area (Å²) in [5.41, 5.74) is -0.548. The summed E-state index contributed by atoms with van der Waals surface area (Å²) in [5.74, 6) is 0.244. The van der Waals surface area contributed by atoms with Crippen LogP contribution in [-0.2, 0) is 20.4 Å². The normalized spacial score (nSPS) is 28.8. The number of benzene rings is 2. The van der Waals surface area contributed by atoms with Crippen LogP contribution in [0.5, 0.6) is 11.6 Å². The van der Waals surface area contributed by atoms with Gasteiger partial charge in [0.15, 0.2) is 19.5 Å². The largest absolute Gasteiger partial charge is 0.481 e. The number of morpholine rings is 1. The monoisotopic (exact) mass is 700 g/mol. The lowest BCUT2D eigenvalue weighted by molar-refractivity contribution is -0.148. The zero-order chi connectivity index (χ0) is 31.5. The number of nitrogens with zero attached hydrogens (tertiary/aromatic N) is 2. The van der Waals surface area contributed by atoms with Gasteiger partial charge in [0.1, 0.15) is 10.9 Å². The van der Waals surface area contributed by atoms with Crippen LogP contribution >= 0.6 is 27.5 Å². The molecule has 1 aliphatic carbocycles. The fraction of sp³-hybridized carbons (Fsp3) is 0.500.